The minimum Gasteiger partial charge on any atom is -0.506 e. The van der Waals surface area contributed by atoms with Gasteiger partial charge in [0.1, 0.15) is 5.75 Å². The van der Waals surface area contributed by atoms with Crippen LogP contribution in [0.15, 0.2) is 22.7 Å². The summed E-state index contributed by atoms with van der Waals surface area (Å²) < 4.78 is 0.578. The highest BCUT2D eigenvalue weighted by atomic mass is 79.9. The van der Waals surface area contributed by atoms with Crippen LogP contribution in [0, 0.1) is 0 Å². The second kappa shape index (κ2) is 4.89. The van der Waals surface area contributed by atoms with E-state index in [1.165, 1.54) is 0 Å². The summed E-state index contributed by atoms with van der Waals surface area (Å²) in [5.74, 6) is 0.578. The minimum absolute atomic E-state index is 0.172. The summed E-state index contributed by atoms with van der Waals surface area (Å²) in [5.41, 5.74) is 0.653. The van der Waals surface area contributed by atoms with Crippen LogP contribution in [0.1, 0.15) is 5.56 Å². The molecule has 1 rings (SSSR count). The van der Waals surface area contributed by atoms with E-state index in [1.54, 1.807) is 24.3 Å². The predicted octanol–water partition coefficient (Wildman–Crippen LogP) is 4.06. The molecule has 0 aliphatic heterocycles. The third-order valence-electron chi connectivity index (χ3n) is 1.44. The maximum Gasteiger partial charge on any atom is 0.137 e. The molecular formula is C9H7BrCl2O. The van der Waals surface area contributed by atoms with Crippen LogP contribution >= 0.6 is 39.1 Å². The third kappa shape index (κ3) is 2.90. The van der Waals surface area contributed by atoms with Crippen molar-refractivity contribution in [3.05, 3.63) is 33.3 Å². The van der Waals surface area contributed by atoms with Crippen molar-refractivity contribution in [3.63, 3.8) is 0 Å². The summed E-state index contributed by atoms with van der Waals surface area (Å²) in [7, 11) is 0. The van der Waals surface area contributed by atoms with E-state index in [9.17, 15) is 5.11 Å². The molecule has 1 nitrogen and oxygen atoms in total. The molecule has 0 saturated heterocycles. The standard InChI is InChI=1S/C9H7BrCl2O/c10-8-5-7(12)4-6(9(8)13)2-1-3-11/h1-2,4-5,13H,3H2. The largest absolute Gasteiger partial charge is 0.506 e. The van der Waals surface area contributed by atoms with Gasteiger partial charge in [-0.05, 0) is 28.1 Å². The number of phenols is 1. The molecule has 0 heterocycles. The van der Waals surface area contributed by atoms with Crippen LogP contribution in [-0.4, -0.2) is 11.0 Å². The smallest absolute Gasteiger partial charge is 0.137 e. The molecule has 13 heavy (non-hydrogen) atoms. The van der Waals surface area contributed by atoms with Gasteiger partial charge in [0.25, 0.3) is 0 Å². The maximum atomic E-state index is 9.55. The molecule has 1 aromatic rings. The van der Waals surface area contributed by atoms with E-state index in [-0.39, 0.29) is 5.75 Å². The number of allylic oxidation sites excluding steroid dienone is 1. The number of aromatic hydroxyl groups is 1. The van der Waals surface area contributed by atoms with E-state index >= 15 is 0 Å². The van der Waals surface area contributed by atoms with Gasteiger partial charge in [-0.2, -0.15) is 0 Å². The van der Waals surface area contributed by atoms with E-state index < -0.39 is 0 Å². The summed E-state index contributed by atoms with van der Waals surface area (Å²) >= 11 is 14.5. The topological polar surface area (TPSA) is 20.2 Å². The molecule has 0 aromatic heterocycles. The molecule has 4 heteroatoms. The normalized spacial score (nSPS) is 11.0. The molecule has 0 amide bonds. The van der Waals surface area contributed by atoms with Crippen molar-refractivity contribution in [1.29, 1.82) is 0 Å². The lowest BCUT2D eigenvalue weighted by molar-refractivity contribution is 0.470. The quantitative estimate of drug-likeness (QED) is 0.811. The predicted molar refractivity (Wildman–Crippen MR) is 60.6 cm³/mol. The lowest BCUT2D eigenvalue weighted by Gasteiger charge is -2.02. The van der Waals surface area contributed by atoms with E-state index in [0.29, 0.717) is 20.9 Å². The zero-order chi connectivity index (χ0) is 9.84. The lowest BCUT2D eigenvalue weighted by atomic mass is 10.2. The fourth-order valence-corrected chi connectivity index (χ4v) is 1.81. The van der Waals surface area contributed by atoms with E-state index in [1.807, 2.05) is 0 Å². The number of benzene rings is 1. The van der Waals surface area contributed by atoms with Crippen molar-refractivity contribution in [2.24, 2.45) is 0 Å². The second-order valence-corrected chi connectivity index (χ2v) is 3.98. The van der Waals surface area contributed by atoms with Gasteiger partial charge < -0.3 is 5.11 Å². The van der Waals surface area contributed by atoms with Gasteiger partial charge >= 0.3 is 0 Å². The summed E-state index contributed by atoms with van der Waals surface area (Å²) in [6, 6.07) is 3.31. The summed E-state index contributed by atoms with van der Waals surface area (Å²) in [6.45, 7) is 0. The number of rotatable bonds is 2. The molecule has 0 aliphatic carbocycles. The molecule has 0 bridgehead atoms. The molecule has 1 N–H and O–H groups in total. The first-order chi connectivity index (χ1) is 6.15. The highest BCUT2D eigenvalue weighted by molar-refractivity contribution is 9.10. The maximum absolute atomic E-state index is 9.55. The van der Waals surface area contributed by atoms with Crippen LogP contribution in [0.2, 0.25) is 5.02 Å². The molecule has 1 aromatic carbocycles. The van der Waals surface area contributed by atoms with Gasteiger partial charge in [0.05, 0.1) is 4.47 Å². The van der Waals surface area contributed by atoms with Gasteiger partial charge in [0, 0.05) is 16.5 Å². The molecule has 70 valence electrons. The number of phenolic OH excluding ortho intramolecular Hbond substituents is 1. The molecule has 0 spiro atoms. The Morgan fingerprint density at radius 3 is 2.77 bits per heavy atom. The van der Waals surface area contributed by atoms with Crippen molar-refractivity contribution in [1.82, 2.24) is 0 Å². The van der Waals surface area contributed by atoms with E-state index in [0.717, 1.165) is 0 Å². The van der Waals surface area contributed by atoms with Gasteiger partial charge in [-0.15, -0.1) is 11.6 Å². The third-order valence-corrected chi connectivity index (χ3v) is 2.45. The molecular weight excluding hydrogens is 275 g/mol. The van der Waals surface area contributed by atoms with Crippen molar-refractivity contribution >= 4 is 45.2 Å². The van der Waals surface area contributed by atoms with E-state index in [2.05, 4.69) is 15.9 Å². The highest BCUT2D eigenvalue weighted by Crippen LogP contribution is 2.32. The summed E-state index contributed by atoms with van der Waals surface area (Å²) in [6.07, 6.45) is 3.46. The van der Waals surface area contributed by atoms with Crippen molar-refractivity contribution in [2.45, 2.75) is 0 Å². The molecule has 0 unspecified atom stereocenters. The monoisotopic (exact) mass is 280 g/mol. The van der Waals surface area contributed by atoms with Crippen LogP contribution in [-0.2, 0) is 0 Å². The second-order valence-electron chi connectivity index (χ2n) is 2.38. The Hall–Kier alpha value is -0.180. The first kappa shape index (κ1) is 10.9. The number of alkyl halides is 1. The Morgan fingerprint density at radius 1 is 1.46 bits per heavy atom. The van der Waals surface area contributed by atoms with Gasteiger partial charge in [-0.1, -0.05) is 23.8 Å². The first-order valence-electron chi connectivity index (χ1n) is 3.55. The Bertz CT molecular complexity index is 337. The summed E-state index contributed by atoms with van der Waals surface area (Å²) in [5, 5.41) is 10.1. The average Bonchev–Trinajstić information content (AvgIpc) is 2.09. The highest BCUT2D eigenvalue weighted by Gasteiger charge is 2.03. The van der Waals surface area contributed by atoms with Crippen molar-refractivity contribution in [3.8, 4) is 5.75 Å². The Balaban J connectivity index is 3.12. The fraction of sp³-hybridized carbons (Fsp3) is 0.111. The molecule has 0 atom stereocenters. The lowest BCUT2D eigenvalue weighted by Crippen LogP contribution is -1.77. The number of hydrogen-bond donors (Lipinski definition) is 1. The fourth-order valence-electron chi connectivity index (χ4n) is 0.884. The Morgan fingerprint density at radius 2 is 2.15 bits per heavy atom. The first-order valence-corrected chi connectivity index (χ1v) is 5.26. The van der Waals surface area contributed by atoms with Gasteiger partial charge in [-0.3, -0.25) is 0 Å². The van der Waals surface area contributed by atoms with Gasteiger partial charge in [-0.25, -0.2) is 0 Å². The molecule has 0 aliphatic rings. The number of halogens is 3. The Kier molecular flexibility index (Phi) is 4.10. The van der Waals surface area contributed by atoms with Gasteiger partial charge in [0.15, 0.2) is 0 Å². The zero-order valence-electron chi connectivity index (χ0n) is 6.60. The van der Waals surface area contributed by atoms with E-state index in [4.69, 9.17) is 23.2 Å². The molecule has 0 fully saturated rings. The van der Waals surface area contributed by atoms with Crippen LogP contribution in [0.3, 0.4) is 0 Å². The molecule has 0 radical (unpaired) electrons. The number of hydrogen-bond acceptors (Lipinski definition) is 1. The van der Waals surface area contributed by atoms with Crippen LogP contribution in [0.4, 0.5) is 0 Å². The van der Waals surface area contributed by atoms with Crippen LogP contribution in [0.5, 0.6) is 5.75 Å². The Labute approximate surface area is 95.1 Å². The van der Waals surface area contributed by atoms with Gasteiger partial charge in [0.2, 0.25) is 0 Å². The molecule has 0 saturated carbocycles. The van der Waals surface area contributed by atoms with Crippen molar-refractivity contribution in [2.75, 3.05) is 5.88 Å². The van der Waals surface area contributed by atoms with Crippen LogP contribution in [0.25, 0.3) is 6.08 Å². The average molecular weight is 282 g/mol. The summed E-state index contributed by atoms with van der Waals surface area (Å²) in [4.78, 5) is 0. The SMILES string of the molecule is Oc1c(Br)cc(Cl)cc1C=CCCl. The zero-order valence-corrected chi connectivity index (χ0v) is 9.70. The van der Waals surface area contributed by atoms with Crippen molar-refractivity contribution < 1.29 is 5.11 Å². The minimum atomic E-state index is 0.172. The van der Waals surface area contributed by atoms with Crippen LogP contribution < -0.4 is 0 Å².